The molecule has 0 saturated carbocycles. The van der Waals surface area contributed by atoms with Crippen molar-refractivity contribution < 1.29 is 9.53 Å². The van der Waals surface area contributed by atoms with Crippen LogP contribution in [0.4, 0.5) is 0 Å². The summed E-state index contributed by atoms with van der Waals surface area (Å²) in [7, 11) is 3.70. The minimum Gasteiger partial charge on any atom is -0.455 e. The number of nitrogens with zero attached hydrogens (tertiary/aromatic N) is 1. The van der Waals surface area contributed by atoms with Crippen molar-refractivity contribution in [1.29, 1.82) is 0 Å². The van der Waals surface area contributed by atoms with Gasteiger partial charge in [-0.1, -0.05) is 6.58 Å². The number of carbonyl (C=O) groups excluding carboxylic acids is 1. The first-order valence-electron chi connectivity index (χ1n) is 4.33. The quantitative estimate of drug-likeness (QED) is 0.479. The summed E-state index contributed by atoms with van der Waals surface area (Å²) in [5.74, 6) is -0.219. The molecule has 4 nitrogen and oxygen atoms in total. The van der Waals surface area contributed by atoms with E-state index in [1.165, 1.54) is 0 Å². The Morgan fingerprint density at radius 3 is 3.00 bits per heavy atom. The van der Waals surface area contributed by atoms with E-state index in [1.807, 2.05) is 7.05 Å². The molecule has 0 bridgehead atoms. The second kappa shape index (κ2) is 4.39. The van der Waals surface area contributed by atoms with Gasteiger partial charge in [-0.2, -0.15) is 0 Å². The summed E-state index contributed by atoms with van der Waals surface area (Å²) in [5.41, 5.74) is 0.979. The lowest BCUT2D eigenvalue weighted by molar-refractivity contribution is -0.145. The Bertz CT molecular complexity index is 216. The molecule has 1 N–H and O–H groups in total. The molecule has 1 unspecified atom stereocenters. The lowest BCUT2D eigenvalue weighted by atomic mass is 10.2. The van der Waals surface area contributed by atoms with Crippen molar-refractivity contribution >= 4 is 5.97 Å². The first kappa shape index (κ1) is 10.2. The number of carbonyl (C=O) groups is 1. The van der Waals surface area contributed by atoms with E-state index < -0.39 is 0 Å². The largest absolute Gasteiger partial charge is 0.455 e. The number of likely N-dealkylation sites (tertiary alicyclic amines) is 1. The van der Waals surface area contributed by atoms with E-state index in [4.69, 9.17) is 4.74 Å². The highest BCUT2D eigenvalue weighted by molar-refractivity contribution is 5.72. The average molecular weight is 184 g/mol. The fourth-order valence-corrected chi connectivity index (χ4v) is 1.39. The highest BCUT2D eigenvalue weighted by Gasteiger charge is 2.26. The van der Waals surface area contributed by atoms with Gasteiger partial charge in [-0.15, -0.1) is 0 Å². The molecule has 1 atom stereocenters. The zero-order valence-corrected chi connectivity index (χ0v) is 8.17. The standard InChI is InChI=1S/C9H16N2O2/c1-7-5-11(3)6-8(7)13-9(12)4-10-2/h8,10H,1,4-6H2,2-3H3. The van der Waals surface area contributed by atoms with E-state index in [0.29, 0.717) is 0 Å². The van der Waals surface area contributed by atoms with Crippen LogP contribution in [0.25, 0.3) is 0 Å². The zero-order chi connectivity index (χ0) is 9.84. The summed E-state index contributed by atoms with van der Waals surface area (Å²) in [6, 6.07) is 0. The average Bonchev–Trinajstić information content (AvgIpc) is 2.30. The molecule has 74 valence electrons. The lowest BCUT2D eigenvalue weighted by Gasteiger charge is -2.12. The normalized spacial score (nSPS) is 23.5. The van der Waals surface area contributed by atoms with Gasteiger partial charge in [-0.25, -0.2) is 0 Å². The number of rotatable bonds is 3. The highest BCUT2D eigenvalue weighted by Crippen LogP contribution is 2.15. The summed E-state index contributed by atoms with van der Waals surface area (Å²) in [4.78, 5) is 13.2. The molecule has 4 heteroatoms. The fraction of sp³-hybridized carbons (Fsp3) is 0.667. The molecule has 0 aliphatic carbocycles. The molecule has 0 aromatic rings. The van der Waals surface area contributed by atoms with Gasteiger partial charge in [0.1, 0.15) is 6.10 Å². The van der Waals surface area contributed by atoms with Crippen molar-refractivity contribution in [2.45, 2.75) is 6.10 Å². The van der Waals surface area contributed by atoms with Crippen LogP contribution in [0, 0.1) is 0 Å². The molecule has 1 heterocycles. The van der Waals surface area contributed by atoms with E-state index >= 15 is 0 Å². The number of hydrogen-bond acceptors (Lipinski definition) is 4. The number of esters is 1. The van der Waals surface area contributed by atoms with Gasteiger partial charge < -0.3 is 10.1 Å². The molecule has 13 heavy (non-hydrogen) atoms. The Morgan fingerprint density at radius 1 is 1.85 bits per heavy atom. The SMILES string of the molecule is C=C1CN(C)CC1OC(=O)CNC. The van der Waals surface area contributed by atoms with Crippen molar-refractivity contribution in [2.24, 2.45) is 0 Å². The maximum Gasteiger partial charge on any atom is 0.320 e. The fourth-order valence-electron chi connectivity index (χ4n) is 1.39. The first-order valence-corrected chi connectivity index (χ1v) is 4.33. The Morgan fingerprint density at radius 2 is 2.54 bits per heavy atom. The van der Waals surface area contributed by atoms with Gasteiger partial charge in [-0.05, 0) is 19.7 Å². The molecular formula is C9H16N2O2. The number of nitrogens with one attached hydrogen (secondary N) is 1. The molecule has 0 spiro atoms. The molecule has 0 radical (unpaired) electrons. The van der Waals surface area contributed by atoms with Crippen LogP contribution in [0.2, 0.25) is 0 Å². The minimum absolute atomic E-state index is 0.120. The topological polar surface area (TPSA) is 41.6 Å². The van der Waals surface area contributed by atoms with E-state index in [9.17, 15) is 4.79 Å². The van der Waals surface area contributed by atoms with Crippen LogP contribution in [0.5, 0.6) is 0 Å². The van der Waals surface area contributed by atoms with Gasteiger partial charge in [0.05, 0.1) is 6.54 Å². The minimum atomic E-state index is -0.219. The second-order valence-electron chi connectivity index (χ2n) is 3.36. The van der Waals surface area contributed by atoms with Crippen LogP contribution in [0.3, 0.4) is 0 Å². The van der Waals surface area contributed by atoms with E-state index in [1.54, 1.807) is 7.05 Å². The maximum atomic E-state index is 11.1. The van der Waals surface area contributed by atoms with E-state index in [0.717, 1.165) is 18.7 Å². The molecular weight excluding hydrogens is 168 g/mol. The molecule has 1 rings (SSSR count). The van der Waals surface area contributed by atoms with Crippen LogP contribution in [0.15, 0.2) is 12.2 Å². The van der Waals surface area contributed by atoms with Crippen molar-refractivity contribution in [3.05, 3.63) is 12.2 Å². The van der Waals surface area contributed by atoms with Crippen LogP contribution < -0.4 is 5.32 Å². The summed E-state index contributed by atoms with van der Waals surface area (Å²) >= 11 is 0. The van der Waals surface area contributed by atoms with Gasteiger partial charge in [0, 0.05) is 13.1 Å². The van der Waals surface area contributed by atoms with Crippen molar-refractivity contribution in [3.63, 3.8) is 0 Å². The second-order valence-corrected chi connectivity index (χ2v) is 3.36. The van der Waals surface area contributed by atoms with Crippen molar-refractivity contribution in [1.82, 2.24) is 10.2 Å². The van der Waals surface area contributed by atoms with Gasteiger partial charge >= 0.3 is 5.97 Å². The van der Waals surface area contributed by atoms with Gasteiger partial charge in [0.25, 0.3) is 0 Å². The molecule has 0 aromatic carbocycles. The molecule has 0 amide bonds. The van der Waals surface area contributed by atoms with Gasteiger partial charge in [0.15, 0.2) is 0 Å². The van der Waals surface area contributed by atoms with Crippen molar-refractivity contribution in [3.8, 4) is 0 Å². The van der Waals surface area contributed by atoms with Gasteiger partial charge in [-0.3, -0.25) is 9.69 Å². The van der Waals surface area contributed by atoms with Crippen molar-refractivity contribution in [2.75, 3.05) is 33.7 Å². The van der Waals surface area contributed by atoms with Crippen LogP contribution in [0.1, 0.15) is 0 Å². The van der Waals surface area contributed by atoms with E-state index in [-0.39, 0.29) is 18.6 Å². The number of hydrogen-bond donors (Lipinski definition) is 1. The monoisotopic (exact) mass is 184 g/mol. The molecule has 1 fully saturated rings. The summed E-state index contributed by atoms with van der Waals surface area (Å²) < 4.78 is 5.19. The van der Waals surface area contributed by atoms with Crippen LogP contribution >= 0.6 is 0 Å². The Kier molecular flexibility index (Phi) is 3.45. The molecule has 1 aliphatic heterocycles. The summed E-state index contributed by atoms with van der Waals surface area (Å²) in [5, 5.41) is 2.75. The third-order valence-electron chi connectivity index (χ3n) is 2.00. The van der Waals surface area contributed by atoms with Crippen LogP contribution in [-0.4, -0.2) is 50.7 Å². The Balaban J connectivity index is 2.37. The third-order valence-corrected chi connectivity index (χ3v) is 2.00. The predicted molar refractivity (Wildman–Crippen MR) is 50.4 cm³/mol. The van der Waals surface area contributed by atoms with Crippen LogP contribution in [-0.2, 0) is 9.53 Å². The predicted octanol–water partition coefficient (Wildman–Crippen LogP) is -0.381. The first-order chi connectivity index (χ1) is 6.13. The summed E-state index contributed by atoms with van der Waals surface area (Å²) in [6.07, 6.45) is -0.120. The Labute approximate surface area is 78.5 Å². The molecule has 1 aliphatic rings. The number of likely N-dealkylation sites (N-methyl/N-ethyl adjacent to an activating group) is 2. The molecule has 1 saturated heterocycles. The number of ether oxygens (including phenoxy) is 1. The maximum absolute atomic E-state index is 11.1. The lowest BCUT2D eigenvalue weighted by Crippen LogP contribution is -2.28. The third kappa shape index (κ3) is 2.82. The highest BCUT2D eigenvalue weighted by atomic mass is 16.5. The zero-order valence-electron chi connectivity index (χ0n) is 8.17. The smallest absolute Gasteiger partial charge is 0.320 e. The van der Waals surface area contributed by atoms with E-state index in [2.05, 4.69) is 16.8 Å². The molecule has 0 aromatic heterocycles. The Hall–Kier alpha value is -0.870. The summed E-state index contributed by atoms with van der Waals surface area (Å²) in [6.45, 7) is 5.69. The van der Waals surface area contributed by atoms with Gasteiger partial charge in [0.2, 0.25) is 0 Å².